The van der Waals surface area contributed by atoms with E-state index in [-0.39, 0.29) is 0 Å². The van der Waals surface area contributed by atoms with Crippen molar-refractivity contribution < 1.29 is 9.26 Å². The summed E-state index contributed by atoms with van der Waals surface area (Å²) in [6.45, 7) is 3.58. The maximum Gasteiger partial charge on any atom is 0.151 e. The van der Waals surface area contributed by atoms with E-state index in [1.165, 1.54) is 12.8 Å². The molecule has 0 aliphatic carbocycles. The lowest BCUT2D eigenvalue weighted by molar-refractivity contribution is 0.0401. The van der Waals surface area contributed by atoms with Gasteiger partial charge in [0, 0.05) is 25.4 Å². The highest BCUT2D eigenvalue weighted by Gasteiger charge is 2.17. The van der Waals surface area contributed by atoms with Gasteiger partial charge in [0.25, 0.3) is 0 Å². The topological polar surface area (TPSA) is 51.4 Å². The summed E-state index contributed by atoms with van der Waals surface area (Å²) in [6.07, 6.45) is 4.18. The van der Waals surface area contributed by atoms with Gasteiger partial charge in [-0.15, -0.1) is 0 Å². The summed E-state index contributed by atoms with van der Waals surface area (Å²) >= 11 is 0. The van der Waals surface area contributed by atoms with Crippen LogP contribution in [0.3, 0.4) is 0 Å². The lowest BCUT2D eigenvalue weighted by Gasteiger charge is -2.26. The second-order valence-electron chi connectivity index (χ2n) is 5.67. The van der Waals surface area contributed by atoms with E-state index >= 15 is 0 Å². The normalized spacial score (nSPS) is 19.0. The van der Waals surface area contributed by atoms with Crippen LogP contribution in [0, 0.1) is 5.92 Å². The summed E-state index contributed by atoms with van der Waals surface area (Å²) < 4.78 is 10.9. The molecule has 0 saturated carbocycles. The Hall–Kier alpha value is -1.72. The highest BCUT2D eigenvalue weighted by Crippen LogP contribution is 2.19. The van der Waals surface area contributed by atoms with Crippen LogP contribution in [0.25, 0.3) is 11.4 Å². The highest BCUT2D eigenvalue weighted by molar-refractivity contribution is 5.52. The van der Waals surface area contributed by atoms with Crippen molar-refractivity contribution in [3.05, 3.63) is 36.2 Å². The molecule has 0 amide bonds. The third-order valence-electron chi connectivity index (χ3n) is 3.74. The summed E-state index contributed by atoms with van der Waals surface area (Å²) in [7, 11) is 2.11. The zero-order chi connectivity index (χ0) is 14.5. The van der Waals surface area contributed by atoms with Gasteiger partial charge >= 0.3 is 0 Å². The van der Waals surface area contributed by atoms with Crippen molar-refractivity contribution in [2.45, 2.75) is 19.4 Å². The second kappa shape index (κ2) is 6.83. The van der Waals surface area contributed by atoms with E-state index in [1.54, 1.807) is 6.20 Å². The molecule has 1 aliphatic heterocycles. The van der Waals surface area contributed by atoms with Gasteiger partial charge in [0.2, 0.25) is 0 Å². The van der Waals surface area contributed by atoms with E-state index in [9.17, 15) is 0 Å². The maximum absolute atomic E-state index is 5.52. The minimum Gasteiger partial charge on any atom is -0.381 e. The fraction of sp³-hybridized carbons (Fsp3) is 0.500. The Bertz CT molecular complexity index is 550. The third-order valence-corrected chi connectivity index (χ3v) is 3.74. The minimum absolute atomic E-state index is 0.627. The quantitative estimate of drug-likeness (QED) is 0.846. The predicted molar refractivity (Wildman–Crippen MR) is 79.6 cm³/mol. The molecule has 1 saturated heterocycles. The molecule has 0 bridgehead atoms. The fourth-order valence-corrected chi connectivity index (χ4v) is 2.75. The molecule has 2 aromatic rings. The van der Waals surface area contributed by atoms with Gasteiger partial charge in [-0.3, -0.25) is 9.88 Å². The largest absolute Gasteiger partial charge is 0.381 e. The molecule has 5 heteroatoms. The van der Waals surface area contributed by atoms with Crippen LogP contribution in [0.1, 0.15) is 18.6 Å². The van der Waals surface area contributed by atoms with Gasteiger partial charge in [0.05, 0.1) is 18.8 Å². The van der Waals surface area contributed by atoms with Crippen LogP contribution in [0.2, 0.25) is 0 Å². The third kappa shape index (κ3) is 3.89. The van der Waals surface area contributed by atoms with E-state index in [2.05, 4.69) is 22.1 Å². The summed E-state index contributed by atoms with van der Waals surface area (Å²) in [5.74, 6) is 1.50. The van der Waals surface area contributed by atoms with E-state index in [0.717, 1.165) is 43.5 Å². The molecule has 0 aromatic carbocycles. The Balaban J connectivity index is 1.56. The maximum atomic E-state index is 5.52. The Kier molecular flexibility index (Phi) is 4.62. The SMILES string of the molecule is CN(Cc1cc(-c2ccccn2)no1)C[C@@H]1CCCOC1. The molecule has 2 aromatic heterocycles. The van der Waals surface area contributed by atoms with Crippen molar-refractivity contribution in [1.29, 1.82) is 0 Å². The number of ether oxygens (including phenoxy) is 1. The first-order valence-electron chi connectivity index (χ1n) is 7.44. The van der Waals surface area contributed by atoms with Crippen LogP contribution in [-0.2, 0) is 11.3 Å². The minimum atomic E-state index is 0.627. The molecule has 3 heterocycles. The Morgan fingerprint density at radius 2 is 2.29 bits per heavy atom. The first-order chi connectivity index (χ1) is 10.3. The predicted octanol–water partition coefficient (Wildman–Crippen LogP) is 2.60. The molecule has 0 unspecified atom stereocenters. The summed E-state index contributed by atoms with van der Waals surface area (Å²) in [5.41, 5.74) is 1.64. The zero-order valence-electron chi connectivity index (χ0n) is 12.4. The fourth-order valence-electron chi connectivity index (χ4n) is 2.75. The average Bonchev–Trinajstić information content (AvgIpc) is 2.97. The van der Waals surface area contributed by atoms with Crippen LogP contribution in [0.15, 0.2) is 35.0 Å². The van der Waals surface area contributed by atoms with Gasteiger partial charge in [-0.25, -0.2) is 0 Å². The molecular weight excluding hydrogens is 266 g/mol. The molecular formula is C16H21N3O2. The molecule has 112 valence electrons. The van der Waals surface area contributed by atoms with Crippen molar-refractivity contribution in [2.75, 3.05) is 26.8 Å². The molecule has 21 heavy (non-hydrogen) atoms. The Morgan fingerprint density at radius 1 is 1.33 bits per heavy atom. The van der Waals surface area contributed by atoms with Crippen LogP contribution < -0.4 is 0 Å². The van der Waals surface area contributed by atoms with Gasteiger partial charge in [0.15, 0.2) is 5.76 Å². The van der Waals surface area contributed by atoms with Crippen LogP contribution >= 0.6 is 0 Å². The van der Waals surface area contributed by atoms with E-state index in [4.69, 9.17) is 9.26 Å². The number of nitrogens with zero attached hydrogens (tertiary/aromatic N) is 3. The molecule has 3 rings (SSSR count). The number of rotatable bonds is 5. The van der Waals surface area contributed by atoms with Crippen molar-refractivity contribution in [1.82, 2.24) is 15.0 Å². The monoisotopic (exact) mass is 287 g/mol. The summed E-state index contributed by atoms with van der Waals surface area (Å²) in [4.78, 5) is 6.55. The first kappa shape index (κ1) is 14.2. The molecule has 0 radical (unpaired) electrons. The summed E-state index contributed by atoms with van der Waals surface area (Å²) in [6, 6.07) is 7.75. The molecule has 5 nitrogen and oxygen atoms in total. The van der Waals surface area contributed by atoms with Crippen molar-refractivity contribution >= 4 is 0 Å². The van der Waals surface area contributed by atoms with E-state index in [0.29, 0.717) is 5.92 Å². The second-order valence-corrected chi connectivity index (χ2v) is 5.67. The van der Waals surface area contributed by atoms with Crippen molar-refractivity contribution in [3.8, 4) is 11.4 Å². The number of pyridine rings is 1. The van der Waals surface area contributed by atoms with Crippen molar-refractivity contribution in [3.63, 3.8) is 0 Å². The van der Waals surface area contributed by atoms with Gasteiger partial charge in [-0.05, 0) is 37.9 Å². The molecule has 1 atom stereocenters. The first-order valence-corrected chi connectivity index (χ1v) is 7.44. The van der Waals surface area contributed by atoms with Crippen LogP contribution in [-0.4, -0.2) is 41.8 Å². The molecule has 1 aliphatic rings. The lowest BCUT2D eigenvalue weighted by Crippen LogP contribution is -2.30. The van der Waals surface area contributed by atoms with Crippen LogP contribution in [0.4, 0.5) is 0 Å². The van der Waals surface area contributed by atoms with E-state index in [1.807, 2.05) is 24.3 Å². The standard InChI is InChI=1S/C16H21N3O2/c1-19(10-13-5-4-8-20-12-13)11-14-9-16(18-21-14)15-6-2-3-7-17-15/h2-3,6-7,9,13H,4-5,8,10-12H2,1H3/t13-/m0/s1. The van der Waals surface area contributed by atoms with Gasteiger partial charge < -0.3 is 9.26 Å². The molecule has 0 spiro atoms. The summed E-state index contributed by atoms with van der Waals surface area (Å²) in [5, 5.41) is 4.10. The van der Waals surface area contributed by atoms with E-state index < -0.39 is 0 Å². The van der Waals surface area contributed by atoms with Crippen molar-refractivity contribution in [2.24, 2.45) is 5.92 Å². The molecule has 1 fully saturated rings. The number of aromatic nitrogens is 2. The zero-order valence-corrected chi connectivity index (χ0v) is 12.4. The number of hydrogen-bond acceptors (Lipinski definition) is 5. The van der Waals surface area contributed by atoms with Gasteiger partial charge in [0.1, 0.15) is 5.69 Å². The van der Waals surface area contributed by atoms with Gasteiger partial charge in [-0.2, -0.15) is 0 Å². The van der Waals surface area contributed by atoms with Crippen LogP contribution in [0.5, 0.6) is 0 Å². The Morgan fingerprint density at radius 3 is 3.05 bits per heavy atom. The molecule has 0 N–H and O–H groups in total. The smallest absolute Gasteiger partial charge is 0.151 e. The highest BCUT2D eigenvalue weighted by atomic mass is 16.5. The Labute approximate surface area is 124 Å². The van der Waals surface area contributed by atoms with Gasteiger partial charge in [-0.1, -0.05) is 11.2 Å². The average molecular weight is 287 g/mol. The number of hydrogen-bond donors (Lipinski definition) is 0. The lowest BCUT2D eigenvalue weighted by atomic mass is 10.0.